The smallest absolute Gasteiger partial charge is 0.263 e. The van der Waals surface area contributed by atoms with Crippen LogP contribution in [0.2, 0.25) is 0 Å². The largest absolute Gasteiger partial charge is 0.476 e. The summed E-state index contributed by atoms with van der Waals surface area (Å²) in [5, 5.41) is 2.80. The van der Waals surface area contributed by atoms with Gasteiger partial charge in [0.2, 0.25) is 10.0 Å². The molecule has 1 heterocycles. The first-order valence-corrected chi connectivity index (χ1v) is 9.70. The zero-order chi connectivity index (χ0) is 17.9. The molecule has 1 N–H and O–H groups in total. The first-order chi connectivity index (χ1) is 12.0. The van der Waals surface area contributed by atoms with E-state index in [0.29, 0.717) is 18.0 Å². The summed E-state index contributed by atoms with van der Waals surface area (Å²) < 4.78 is 31.8. The van der Waals surface area contributed by atoms with Crippen molar-refractivity contribution in [2.45, 2.75) is 19.6 Å². The molecule has 2 aromatic carbocycles. The van der Waals surface area contributed by atoms with Gasteiger partial charge in [0.15, 0.2) is 6.10 Å². The minimum absolute atomic E-state index is 0.0339. The Bertz CT molecular complexity index is 852. The van der Waals surface area contributed by atoms with Crippen molar-refractivity contribution in [1.29, 1.82) is 0 Å². The third-order valence-electron chi connectivity index (χ3n) is 4.04. The molecule has 0 unspecified atom stereocenters. The molecule has 25 heavy (non-hydrogen) atoms. The molecular weight excluding hydrogens is 340 g/mol. The standard InChI is InChI=1S/C18H20N2O4S/c1-2-25(22,23)20-13-17(24-16-11-7-6-10-15(16)20)18(21)19-12-14-8-4-3-5-9-14/h3-11,17H,2,12-13H2,1H3,(H,19,21)/t17-/m0/s1. The lowest BCUT2D eigenvalue weighted by atomic mass is 10.2. The number of nitrogens with one attached hydrogen (secondary N) is 1. The lowest BCUT2D eigenvalue weighted by molar-refractivity contribution is -0.127. The van der Waals surface area contributed by atoms with Crippen LogP contribution >= 0.6 is 0 Å². The van der Waals surface area contributed by atoms with Crippen LogP contribution < -0.4 is 14.4 Å². The normalized spacial score (nSPS) is 16.7. The van der Waals surface area contributed by atoms with Gasteiger partial charge in [-0.1, -0.05) is 42.5 Å². The van der Waals surface area contributed by atoms with Crippen LogP contribution in [0.3, 0.4) is 0 Å². The second-order valence-electron chi connectivity index (χ2n) is 5.71. The van der Waals surface area contributed by atoms with E-state index in [1.807, 2.05) is 30.3 Å². The number of benzene rings is 2. The topological polar surface area (TPSA) is 75.7 Å². The summed E-state index contributed by atoms with van der Waals surface area (Å²) in [6.07, 6.45) is -0.889. The molecule has 3 rings (SSSR count). The molecule has 0 aromatic heterocycles. The number of fused-ring (bicyclic) bond motifs is 1. The van der Waals surface area contributed by atoms with Crippen LogP contribution in [0.1, 0.15) is 12.5 Å². The predicted molar refractivity (Wildman–Crippen MR) is 96.0 cm³/mol. The highest BCUT2D eigenvalue weighted by Crippen LogP contribution is 2.35. The number of para-hydroxylation sites is 2. The number of nitrogens with zero attached hydrogens (tertiary/aromatic N) is 1. The number of ether oxygens (including phenoxy) is 1. The molecule has 0 aliphatic carbocycles. The Hall–Kier alpha value is -2.54. The monoisotopic (exact) mass is 360 g/mol. The molecule has 0 bridgehead atoms. The second-order valence-corrected chi connectivity index (χ2v) is 7.89. The van der Waals surface area contributed by atoms with Crippen molar-refractivity contribution in [1.82, 2.24) is 5.32 Å². The van der Waals surface area contributed by atoms with Crippen LogP contribution in [-0.2, 0) is 21.4 Å². The van der Waals surface area contributed by atoms with Crippen LogP contribution in [0.25, 0.3) is 0 Å². The first-order valence-electron chi connectivity index (χ1n) is 8.09. The van der Waals surface area contributed by atoms with Crippen molar-refractivity contribution >= 4 is 21.6 Å². The average molecular weight is 360 g/mol. The van der Waals surface area contributed by atoms with Gasteiger partial charge in [0.05, 0.1) is 18.0 Å². The molecule has 0 saturated heterocycles. The molecule has 0 radical (unpaired) electrons. The lowest BCUT2D eigenvalue weighted by Crippen LogP contribution is -2.50. The zero-order valence-electron chi connectivity index (χ0n) is 13.9. The molecule has 1 aliphatic heterocycles. The fourth-order valence-electron chi connectivity index (χ4n) is 2.66. The number of sulfonamides is 1. The lowest BCUT2D eigenvalue weighted by Gasteiger charge is -2.34. The SMILES string of the molecule is CCS(=O)(=O)N1C[C@@H](C(=O)NCc2ccccc2)Oc2ccccc21. The number of hydrogen-bond acceptors (Lipinski definition) is 4. The molecule has 2 aromatic rings. The van der Waals surface area contributed by atoms with Gasteiger partial charge in [-0.15, -0.1) is 0 Å². The fourth-order valence-corrected chi connectivity index (χ4v) is 3.78. The Morgan fingerprint density at radius 1 is 1.16 bits per heavy atom. The molecule has 1 atom stereocenters. The van der Waals surface area contributed by atoms with Crippen molar-refractivity contribution in [2.75, 3.05) is 16.6 Å². The number of amides is 1. The maximum Gasteiger partial charge on any atom is 0.263 e. The van der Waals surface area contributed by atoms with Crippen molar-refractivity contribution in [3.63, 3.8) is 0 Å². The zero-order valence-corrected chi connectivity index (χ0v) is 14.7. The van der Waals surface area contributed by atoms with E-state index in [9.17, 15) is 13.2 Å². The summed E-state index contributed by atoms with van der Waals surface area (Å²) >= 11 is 0. The van der Waals surface area contributed by atoms with Gasteiger partial charge in [0.25, 0.3) is 5.91 Å². The van der Waals surface area contributed by atoms with E-state index in [1.165, 1.54) is 4.31 Å². The third-order valence-corrected chi connectivity index (χ3v) is 5.78. The van der Waals surface area contributed by atoms with Gasteiger partial charge >= 0.3 is 0 Å². The van der Waals surface area contributed by atoms with Gasteiger partial charge in [-0.2, -0.15) is 0 Å². The molecule has 0 saturated carbocycles. The van der Waals surface area contributed by atoms with Crippen LogP contribution in [0.4, 0.5) is 5.69 Å². The quantitative estimate of drug-likeness (QED) is 0.884. The van der Waals surface area contributed by atoms with Crippen molar-refractivity contribution < 1.29 is 17.9 Å². The molecule has 1 aliphatic rings. The van der Waals surface area contributed by atoms with Crippen LogP contribution in [0, 0.1) is 0 Å². The minimum atomic E-state index is -3.49. The summed E-state index contributed by atoms with van der Waals surface area (Å²) in [5.74, 6) is 0.0139. The Balaban J connectivity index is 1.78. The van der Waals surface area contributed by atoms with E-state index in [-0.39, 0.29) is 18.2 Å². The first kappa shape index (κ1) is 17.3. The molecule has 7 heteroatoms. The Morgan fingerprint density at radius 3 is 2.56 bits per heavy atom. The van der Waals surface area contributed by atoms with E-state index in [2.05, 4.69) is 5.32 Å². The summed E-state index contributed by atoms with van der Waals surface area (Å²) in [5.41, 5.74) is 1.43. The fraction of sp³-hybridized carbons (Fsp3) is 0.278. The number of carbonyl (C=O) groups is 1. The van der Waals surface area contributed by atoms with Crippen LogP contribution in [0.15, 0.2) is 54.6 Å². The highest BCUT2D eigenvalue weighted by Gasteiger charge is 2.35. The molecule has 0 fully saturated rings. The second kappa shape index (κ2) is 7.14. The van der Waals surface area contributed by atoms with E-state index in [1.54, 1.807) is 31.2 Å². The van der Waals surface area contributed by atoms with Crippen molar-refractivity contribution in [3.8, 4) is 5.75 Å². The van der Waals surface area contributed by atoms with Gasteiger partial charge in [-0.3, -0.25) is 9.10 Å². The third kappa shape index (κ3) is 3.76. The molecule has 6 nitrogen and oxygen atoms in total. The maximum absolute atomic E-state index is 12.5. The minimum Gasteiger partial charge on any atom is -0.476 e. The van der Waals surface area contributed by atoms with E-state index >= 15 is 0 Å². The maximum atomic E-state index is 12.5. The predicted octanol–water partition coefficient (Wildman–Crippen LogP) is 1.92. The number of hydrogen-bond donors (Lipinski definition) is 1. The highest BCUT2D eigenvalue weighted by atomic mass is 32.2. The van der Waals surface area contributed by atoms with E-state index < -0.39 is 16.1 Å². The van der Waals surface area contributed by atoms with Crippen LogP contribution in [0.5, 0.6) is 5.75 Å². The van der Waals surface area contributed by atoms with Crippen molar-refractivity contribution in [3.05, 3.63) is 60.2 Å². The molecule has 0 spiro atoms. The van der Waals surface area contributed by atoms with Gasteiger partial charge in [-0.05, 0) is 24.6 Å². The number of anilines is 1. The number of rotatable bonds is 5. The summed E-state index contributed by atoms with van der Waals surface area (Å²) in [6, 6.07) is 16.4. The van der Waals surface area contributed by atoms with E-state index in [0.717, 1.165) is 5.56 Å². The molecule has 1 amide bonds. The van der Waals surface area contributed by atoms with E-state index in [4.69, 9.17) is 4.74 Å². The molecule has 132 valence electrons. The summed E-state index contributed by atoms with van der Waals surface area (Å²) in [7, 11) is -3.49. The van der Waals surface area contributed by atoms with Crippen LogP contribution in [-0.4, -0.2) is 32.7 Å². The van der Waals surface area contributed by atoms with Gasteiger partial charge < -0.3 is 10.1 Å². The average Bonchev–Trinajstić information content (AvgIpc) is 2.66. The summed E-state index contributed by atoms with van der Waals surface area (Å²) in [6.45, 7) is 1.91. The summed E-state index contributed by atoms with van der Waals surface area (Å²) in [4.78, 5) is 12.5. The Morgan fingerprint density at radius 2 is 1.84 bits per heavy atom. The molecular formula is C18H20N2O4S. The highest BCUT2D eigenvalue weighted by molar-refractivity contribution is 7.92. The Labute approximate surface area is 147 Å². The van der Waals surface area contributed by atoms with Crippen molar-refractivity contribution in [2.24, 2.45) is 0 Å². The van der Waals surface area contributed by atoms with Gasteiger partial charge in [-0.25, -0.2) is 8.42 Å². The Kier molecular flexibility index (Phi) is 4.94. The van der Waals surface area contributed by atoms with Gasteiger partial charge in [0.1, 0.15) is 5.75 Å². The van der Waals surface area contributed by atoms with Gasteiger partial charge in [0, 0.05) is 6.54 Å². The number of carbonyl (C=O) groups excluding carboxylic acids is 1.